The number of benzene rings is 2. The Bertz CT molecular complexity index is 1080. The average Bonchev–Trinajstić information content (AvgIpc) is 2.75. The van der Waals surface area contributed by atoms with Crippen LogP contribution in [0, 0.1) is 5.82 Å². The van der Waals surface area contributed by atoms with Gasteiger partial charge in [-0.2, -0.15) is 4.98 Å². The van der Waals surface area contributed by atoms with Crippen molar-refractivity contribution in [3.63, 3.8) is 0 Å². The van der Waals surface area contributed by atoms with Crippen molar-refractivity contribution in [1.82, 2.24) is 9.97 Å². The summed E-state index contributed by atoms with van der Waals surface area (Å²) in [5.74, 6) is 0.622. The summed E-state index contributed by atoms with van der Waals surface area (Å²) >= 11 is -2.23. The third-order valence-electron chi connectivity index (χ3n) is 4.00. The van der Waals surface area contributed by atoms with E-state index in [-0.39, 0.29) is 11.8 Å². The molecule has 0 saturated carbocycles. The van der Waals surface area contributed by atoms with E-state index in [1.54, 1.807) is 30.3 Å². The zero-order valence-electron chi connectivity index (χ0n) is 16.8. The van der Waals surface area contributed by atoms with Gasteiger partial charge in [-0.25, -0.2) is 13.6 Å². The number of rotatable bonds is 9. The first-order valence-electron chi connectivity index (χ1n) is 8.77. The maximum atomic E-state index is 14.3. The van der Waals surface area contributed by atoms with E-state index in [1.165, 1.54) is 27.4 Å². The van der Waals surface area contributed by atoms with Crippen LogP contribution in [-0.4, -0.2) is 40.1 Å². The smallest absolute Gasteiger partial charge is 0.259 e. The van der Waals surface area contributed by atoms with Crippen LogP contribution in [0.2, 0.25) is 0 Å². The second-order valence-corrected chi connectivity index (χ2v) is 6.69. The van der Waals surface area contributed by atoms with Crippen LogP contribution in [0.3, 0.4) is 0 Å². The number of methoxy groups -OCH3 is 3. The van der Waals surface area contributed by atoms with Crippen LogP contribution >= 0.6 is 0 Å². The molecule has 0 aliphatic rings. The molecule has 4 N–H and O–H groups in total. The molecule has 31 heavy (non-hydrogen) atoms. The van der Waals surface area contributed by atoms with Crippen molar-refractivity contribution >= 4 is 40.1 Å². The van der Waals surface area contributed by atoms with Crippen molar-refractivity contribution in [3.8, 4) is 17.2 Å². The fourth-order valence-electron chi connectivity index (χ4n) is 2.70. The topological polar surface area (TPSA) is 127 Å². The first kappa shape index (κ1) is 22.1. The Hall–Kier alpha value is -3.64. The minimum atomic E-state index is -2.23. The van der Waals surface area contributed by atoms with Gasteiger partial charge in [0.15, 0.2) is 23.1 Å². The van der Waals surface area contributed by atoms with E-state index in [9.17, 15) is 8.60 Å². The highest BCUT2D eigenvalue weighted by atomic mass is 32.2. The van der Waals surface area contributed by atoms with Crippen LogP contribution in [0.15, 0.2) is 42.6 Å². The van der Waals surface area contributed by atoms with E-state index in [0.717, 1.165) is 6.20 Å². The SMILES string of the molecule is COc1cc(Nc2ncc(F)c(Nc3cccc(NS(=O)O)c3)n2)cc(OC)c1OC. The van der Waals surface area contributed by atoms with E-state index in [1.807, 2.05) is 0 Å². The summed E-state index contributed by atoms with van der Waals surface area (Å²) in [5, 5.41) is 5.78. The van der Waals surface area contributed by atoms with Gasteiger partial charge in [0, 0.05) is 23.5 Å². The number of hydrogen-bond donors (Lipinski definition) is 4. The highest BCUT2D eigenvalue weighted by molar-refractivity contribution is 7.80. The molecule has 1 aromatic heterocycles. The number of nitrogens with one attached hydrogen (secondary N) is 3. The highest BCUT2D eigenvalue weighted by Crippen LogP contribution is 2.40. The molecule has 2 aromatic carbocycles. The molecule has 1 atom stereocenters. The van der Waals surface area contributed by atoms with Crippen LogP contribution in [0.5, 0.6) is 17.2 Å². The van der Waals surface area contributed by atoms with Gasteiger partial charge in [-0.15, -0.1) is 0 Å². The van der Waals surface area contributed by atoms with Crippen molar-refractivity contribution in [2.75, 3.05) is 36.7 Å². The summed E-state index contributed by atoms with van der Waals surface area (Å²) in [6, 6.07) is 9.72. The molecular weight excluding hydrogens is 429 g/mol. The van der Waals surface area contributed by atoms with Crippen LogP contribution in [-0.2, 0) is 11.3 Å². The monoisotopic (exact) mass is 449 g/mol. The predicted octanol–water partition coefficient (Wildman–Crippen LogP) is 3.68. The van der Waals surface area contributed by atoms with Gasteiger partial charge in [-0.05, 0) is 18.2 Å². The molecule has 0 fully saturated rings. The first-order valence-corrected chi connectivity index (χ1v) is 9.88. The lowest BCUT2D eigenvalue weighted by molar-refractivity contribution is 0.324. The van der Waals surface area contributed by atoms with Crippen LogP contribution < -0.4 is 29.6 Å². The van der Waals surface area contributed by atoms with Gasteiger partial charge in [0.25, 0.3) is 11.3 Å². The van der Waals surface area contributed by atoms with Gasteiger partial charge in [0.2, 0.25) is 11.7 Å². The normalized spacial score (nSPS) is 11.4. The number of hydrogen-bond acceptors (Lipinski definition) is 8. The maximum absolute atomic E-state index is 14.3. The number of halogens is 1. The first-order chi connectivity index (χ1) is 14.9. The predicted molar refractivity (Wildman–Crippen MR) is 115 cm³/mol. The quantitative estimate of drug-likeness (QED) is 0.362. The van der Waals surface area contributed by atoms with Crippen molar-refractivity contribution in [1.29, 1.82) is 0 Å². The minimum absolute atomic E-state index is 0.0905. The van der Waals surface area contributed by atoms with E-state index < -0.39 is 17.1 Å². The molecule has 12 heteroatoms. The minimum Gasteiger partial charge on any atom is -0.493 e. The summed E-state index contributed by atoms with van der Waals surface area (Å²) in [6.07, 6.45) is 1.01. The number of aromatic nitrogens is 2. The summed E-state index contributed by atoms with van der Waals surface area (Å²) in [4.78, 5) is 8.11. The molecule has 3 aromatic rings. The summed E-state index contributed by atoms with van der Waals surface area (Å²) in [6.45, 7) is 0. The Kier molecular flexibility index (Phi) is 7.05. The average molecular weight is 449 g/mol. The van der Waals surface area contributed by atoms with Gasteiger partial charge < -0.3 is 24.8 Å². The van der Waals surface area contributed by atoms with Gasteiger partial charge in [-0.3, -0.25) is 9.27 Å². The Morgan fingerprint density at radius 2 is 1.65 bits per heavy atom. The van der Waals surface area contributed by atoms with E-state index in [4.69, 9.17) is 18.8 Å². The van der Waals surface area contributed by atoms with Crippen LogP contribution in [0.25, 0.3) is 0 Å². The lowest BCUT2D eigenvalue weighted by atomic mass is 10.2. The Labute approximate surface area is 180 Å². The second-order valence-electron chi connectivity index (χ2n) is 5.99. The van der Waals surface area contributed by atoms with E-state index in [0.29, 0.717) is 34.3 Å². The fraction of sp³-hybridized carbons (Fsp3) is 0.158. The third kappa shape index (κ3) is 5.49. The molecule has 0 radical (unpaired) electrons. The summed E-state index contributed by atoms with van der Waals surface area (Å²) in [7, 11) is 4.48. The van der Waals surface area contributed by atoms with E-state index >= 15 is 0 Å². The zero-order valence-corrected chi connectivity index (χ0v) is 17.6. The van der Waals surface area contributed by atoms with Crippen molar-refractivity contribution in [3.05, 3.63) is 48.4 Å². The standard InChI is InChI=1S/C19H20FN5O5S/c1-28-15-8-13(9-16(29-2)17(15)30-3)23-19-21-10-14(20)18(24-19)22-11-5-4-6-12(7-11)25-31(26)27/h4-10,25H,1-3H3,(H,26,27)(H2,21,22,23,24). The third-order valence-corrected chi connectivity index (χ3v) is 4.41. The largest absolute Gasteiger partial charge is 0.493 e. The highest BCUT2D eigenvalue weighted by Gasteiger charge is 2.15. The van der Waals surface area contributed by atoms with Gasteiger partial charge >= 0.3 is 0 Å². The number of ether oxygens (including phenoxy) is 3. The molecule has 10 nitrogen and oxygen atoms in total. The van der Waals surface area contributed by atoms with Crippen molar-refractivity contribution in [2.45, 2.75) is 0 Å². The van der Waals surface area contributed by atoms with Crippen LogP contribution in [0.4, 0.5) is 33.2 Å². The Morgan fingerprint density at radius 3 is 2.26 bits per heavy atom. The Morgan fingerprint density at radius 1 is 0.968 bits per heavy atom. The van der Waals surface area contributed by atoms with Gasteiger partial charge in [0.1, 0.15) is 0 Å². The number of nitrogens with zero attached hydrogens (tertiary/aromatic N) is 2. The molecule has 1 heterocycles. The Balaban J connectivity index is 1.86. The maximum Gasteiger partial charge on any atom is 0.259 e. The van der Waals surface area contributed by atoms with Gasteiger partial charge in [-0.1, -0.05) is 6.07 Å². The molecule has 1 unspecified atom stereocenters. The summed E-state index contributed by atoms with van der Waals surface area (Å²) < 4.78 is 52.4. The van der Waals surface area contributed by atoms with E-state index in [2.05, 4.69) is 25.3 Å². The molecule has 164 valence electrons. The summed E-state index contributed by atoms with van der Waals surface area (Å²) in [5.41, 5.74) is 1.35. The molecule has 0 aliphatic heterocycles. The molecule has 0 spiro atoms. The number of anilines is 5. The molecule has 0 saturated heterocycles. The van der Waals surface area contributed by atoms with Crippen molar-refractivity contribution < 1.29 is 27.4 Å². The fourth-order valence-corrected chi connectivity index (χ4v) is 3.02. The zero-order chi connectivity index (χ0) is 22.4. The lowest BCUT2D eigenvalue weighted by Crippen LogP contribution is -2.05. The van der Waals surface area contributed by atoms with Crippen LogP contribution in [0.1, 0.15) is 0 Å². The molecule has 0 amide bonds. The van der Waals surface area contributed by atoms with Gasteiger partial charge in [0.05, 0.1) is 33.2 Å². The molecule has 0 aliphatic carbocycles. The molecule has 0 bridgehead atoms. The lowest BCUT2D eigenvalue weighted by Gasteiger charge is -2.15. The molecule has 3 rings (SSSR count). The van der Waals surface area contributed by atoms with Crippen molar-refractivity contribution in [2.24, 2.45) is 0 Å². The molecular formula is C19H20FN5O5S. The second kappa shape index (κ2) is 9.91.